The van der Waals surface area contributed by atoms with Crippen molar-refractivity contribution in [1.82, 2.24) is 4.90 Å². The van der Waals surface area contributed by atoms with Crippen molar-refractivity contribution in [2.24, 2.45) is 5.92 Å². The van der Waals surface area contributed by atoms with Gasteiger partial charge in [0.2, 0.25) is 5.91 Å². The van der Waals surface area contributed by atoms with Crippen LogP contribution in [0.5, 0.6) is 0 Å². The van der Waals surface area contributed by atoms with Gasteiger partial charge in [-0.25, -0.2) is 8.42 Å². The lowest BCUT2D eigenvalue weighted by Crippen LogP contribution is -2.42. The molecule has 1 aliphatic heterocycles. The van der Waals surface area contributed by atoms with Crippen LogP contribution in [0.25, 0.3) is 16.8 Å². The molecule has 3 rings (SSSR count). The molecule has 2 aromatic carbocycles. The Morgan fingerprint density at radius 3 is 2.62 bits per heavy atom. The summed E-state index contributed by atoms with van der Waals surface area (Å²) in [7, 11) is -3.02. The summed E-state index contributed by atoms with van der Waals surface area (Å²) in [5.41, 5.74) is 0.986. The number of fused-ring (bicyclic) bond motifs is 1. The zero-order valence-electron chi connectivity index (χ0n) is 15.3. The van der Waals surface area contributed by atoms with Gasteiger partial charge >= 0.3 is 0 Å². The van der Waals surface area contributed by atoms with E-state index in [1.54, 1.807) is 11.0 Å². The van der Waals surface area contributed by atoms with Gasteiger partial charge in [-0.15, -0.1) is 0 Å². The van der Waals surface area contributed by atoms with Gasteiger partial charge in [0.05, 0.1) is 11.5 Å². The second-order valence-electron chi connectivity index (χ2n) is 7.34. The molecule has 0 N–H and O–H groups in total. The highest BCUT2D eigenvalue weighted by Crippen LogP contribution is 2.22. The normalized spacial score (nSPS) is 19.4. The van der Waals surface area contributed by atoms with Crippen LogP contribution in [0.4, 0.5) is 0 Å². The van der Waals surface area contributed by atoms with E-state index in [1.807, 2.05) is 62.4 Å². The first-order valence-electron chi connectivity index (χ1n) is 9.02. The lowest BCUT2D eigenvalue weighted by atomic mass is 10.0. The van der Waals surface area contributed by atoms with E-state index in [-0.39, 0.29) is 29.4 Å². The van der Waals surface area contributed by atoms with Crippen LogP contribution in [0.2, 0.25) is 0 Å². The second kappa shape index (κ2) is 7.62. The number of hydrogen-bond donors (Lipinski definition) is 0. The summed E-state index contributed by atoms with van der Waals surface area (Å²) < 4.78 is 23.6. The van der Waals surface area contributed by atoms with E-state index < -0.39 is 9.84 Å². The van der Waals surface area contributed by atoms with Crippen LogP contribution in [-0.2, 0) is 14.6 Å². The van der Waals surface area contributed by atoms with Gasteiger partial charge in [0.15, 0.2) is 9.84 Å². The number of amides is 1. The molecule has 0 radical (unpaired) electrons. The van der Waals surface area contributed by atoms with Gasteiger partial charge < -0.3 is 4.90 Å². The highest BCUT2D eigenvalue weighted by molar-refractivity contribution is 7.91. The van der Waals surface area contributed by atoms with Crippen molar-refractivity contribution < 1.29 is 13.2 Å². The predicted molar refractivity (Wildman–Crippen MR) is 107 cm³/mol. The summed E-state index contributed by atoms with van der Waals surface area (Å²) in [6.45, 7) is 4.65. The maximum atomic E-state index is 12.8. The van der Waals surface area contributed by atoms with Crippen LogP contribution in [-0.4, -0.2) is 43.3 Å². The molecular weight excluding hydrogens is 346 g/mol. The van der Waals surface area contributed by atoms with Crippen molar-refractivity contribution in [2.45, 2.75) is 26.3 Å². The van der Waals surface area contributed by atoms with E-state index in [9.17, 15) is 13.2 Å². The maximum Gasteiger partial charge on any atom is 0.246 e. The average molecular weight is 372 g/mol. The molecule has 1 fully saturated rings. The van der Waals surface area contributed by atoms with Gasteiger partial charge in [0, 0.05) is 18.7 Å². The first-order chi connectivity index (χ1) is 12.4. The van der Waals surface area contributed by atoms with Crippen LogP contribution < -0.4 is 0 Å². The Bertz CT molecular complexity index is 926. The van der Waals surface area contributed by atoms with E-state index in [2.05, 4.69) is 0 Å². The zero-order chi connectivity index (χ0) is 18.7. The first-order valence-corrected chi connectivity index (χ1v) is 10.8. The van der Waals surface area contributed by atoms with Crippen LogP contribution in [0.1, 0.15) is 25.8 Å². The van der Waals surface area contributed by atoms with Crippen LogP contribution >= 0.6 is 0 Å². The molecule has 0 bridgehead atoms. The molecule has 0 spiro atoms. The first kappa shape index (κ1) is 18.6. The minimum atomic E-state index is -3.02. The molecule has 0 aliphatic carbocycles. The lowest BCUT2D eigenvalue weighted by Gasteiger charge is -2.28. The highest BCUT2D eigenvalue weighted by atomic mass is 32.2. The van der Waals surface area contributed by atoms with Crippen LogP contribution in [0, 0.1) is 5.92 Å². The lowest BCUT2D eigenvalue weighted by molar-refractivity contribution is -0.128. The molecule has 26 heavy (non-hydrogen) atoms. The van der Waals surface area contributed by atoms with E-state index in [1.165, 1.54) is 0 Å². The molecule has 0 saturated carbocycles. The Balaban J connectivity index is 1.84. The van der Waals surface area contributed by atoms with Gasteiger partial charge in [-0.2, -0.15) is 0 Å². The summed E-state index contributed by atoms with van der Waals surface area (Å²) >= 11 is 0. The fourth-order valence-electron chi connectivity index (χ4n) is 3.49. The highest BCUT2D eigenvalue weighted by Gasteiger charge is 2.34. The molecule has 1 unspecified atom stereocenters. The molecule has 1 atom stereocenters. The van der Waals surface area contributed by atoms with Crippen molar-refractivity contribution in [1.29, 1.82) is 0 Å². The summed E-state index contributed by atoms with van der Waals surface area (Å²) in [6.07, 6.45) is 3.94. The number of sulfone groups is 1. The quantitative estimate of drug-likeness (QED) is 0.756. The molecule has 138 valence electrons. The Morgan fingerprint density at radius 1 is 1.19 bits per heavy atom. The number of carbonyl (C=O) groups is 1. The SMILES string of the molecule is CC(C)CN(C(=O)/C=C/c1cccc2ccccc12)C1CCS(=O)(=O)C1. The molecule has 2 aromatic rings. The summed E-state index contributed by atoms with van der Waals surface area (Å²) in [6, 6.07) is 13.8. The summed E-state index contributed by atoms with van der Waals surface area (Å²) in [4.78, 5) is 14.6. The van der Waals surface area contributed by atoms with Crippen molar-refractivity contribution in [3.63, 3.8) is 0 Å². The van der Waals surface area contributed by atoms with Crippen molar-refractivity contribution in [3.8, 4) is 0 Å². The average Bonchev–Trinajstić information content (AvgIpc) is 2.97. The fourth-order valence-corrected chi connectivity index (χ4v) is 5.22. The van der Waals surface area contributed by atoms with Crippen LogP contribution in [0.15, 0.2) is 48.5 Å². The van der Waals surface area contributed by atoms with E-state index in [0.29, 0.717) is 13.0 Å². The van der Waals surface area contributed by atoms with Crippen molar-refractivity contribution in [3.05, 3.63) is 54.1 Å². The standard InChI is InChI=1S/C21H25NO3S/c1-16(2)14-22(19-12-13-26(24,25)15-19)21(23)11-10-18-8-5-7-17-6-3-4-9-20(17)18/h3-11,16,19H,12-15H2,1-2H3/b11-10+. The third kappa shape index (κ3) is 4.33. The Morgan fingerprint density at radius 2 is 1.92 bits per heavy atom. The van der Waals surface area contributed by atoms with E-state index in [4.69, 9.17) is 0 Å². The number of hydrogen-bond acceptors (Lipinski definition) is 3. The third-order valence-electron chi connectivity index (χ3n) is 4.72. The minimum Gasteiger partial charge on any atom is -0.335 e. The maximum absolute atomic E-state index is 12.8. The molecule has 1 saturated heterocycles. The second-order valence-corrected chi connectivity index (χ2v) is 9.57. The smallest absolute Gasteiger partial charge is 0.246 e. The van der Waals surface area contributed by atoms with Gasteiger partial charge in [-0.3, -0.25) is 4.79 Å². The topological polar surface area (TPSA) is 54.5 Å². The van der Waals surface area contributed by atoms with Crippen LogP contribution in [0.3, 0.4) is 0 Å². The number of carbonyl (C=O) groups excluding carboxylic acids is 1. The molecule has 1 aliphatic rings. The fraction of sp³-hybridized carbons (Fsp3) is 0.381. The zero-order valence-corrected chi connectivity index (χ0v) is 16.1. The van der Waals surface area contributed by atoms with Gasteiger partial charge in [-0.1, -0.05) is 56.3 Å². The summed E-state index contributed by atoms with van der Waals surface area (Å²) in [5.74, 6) is 0.419. The molecule has 1 heterocycles. The van der Waals surface area contributed by atoms with Crippen molar-refractivity contribution in [2.75, 3.05) is 18.1 Å². The van der Waals surface area contributed by atoms with Crippen molar-refractivity contribution >= 4 is 32.6 Å². The minimum absolute atomic E-state index is 0.0770. The molecule has 0 aromatic heterocycles. The monoisotopic (exact) mass is 371 g/mol. The molecular formula is C21H25NO3S. The third-order valence-corrected chi connectivity index (χ3v) is 6.47. The molecule has 5 heteroatoms. The number of nitrogens with zero attached hydrogens (tertiary/aromatic N) is 1. The van der Waals surface area contributed by atoms with Gasteiger partial charge in [0.1, 0.15) is 0 Å². The van der Waals surface area contributed by atoms with Gasteiger partial charge in [-0.05, 0) is 34.8 Å². The molecule has 1 amide bonds. The predicted octanol–water partition coefficient (Wildman–Crippen LogP) is 3.52. The largest absolute Gasteiger partial charge is 0.335 e. The number of benzene rings is 2. The Hall–Kier alpha value is -2.14. The summed E-state index contributed by atoms with van der Waals surface area (Å²) in [5, 5.41) is 2.22. The Kier molecular flexibility index (Phi) is 5.47. The van der Waals surface area contributed by atoms with E-state index >= 15 is 0 Å². The molecule has 4 nitrogen and oxygen atoms in total. The Labute approximate surface area is 155 Å². The van der Waals surface area contributed by atoms with Gasteiger partial charge in [0.25, 0.3) is 0 Å². The van der Waals surface area contributed by atoms with E-state index in [0.717, 1.165) is 16.3 Å². The number of rotatable bonds is 5.